The number of likely N-dealkylation sites (N-methyl/N-ethyl adjacent to an activating group) is 2. The molecule has 0 radical (unpaired) electrons. The molecule has 3 aromatic rings. The fourth-order valence-electron chi connectivity index (χ4n) is 4.66. The number of aliphatic hydroxyl groups excluding tert-OH is 1. The van der Waals surface area contributed by atoms with Crippen LogP contribution in [0.2, 0.25) is 0 Å². The molecule has 2 unspecified atom stereocenters. The molecule has 12 nitrogen and oxygen atoms in total. The van der Waals surface area contributed by atoms with E-state index in [1.54, 1.807) is 14.1 Å². The molecule has 3 heterocycles. The van der Waals surface area contributed by atoms with Gasteiger partial charge in [-0.05, 0) is 40.0 Å². The zero-order chi connectivity index (χ0) is 29.0. The normalized spacial score (nSPS) is 16.9. The van der Waals surface area contributed by atoms with Crippen LogP contribution in [0.1, 0.15) is 17.0 Å². The van der Waals surface area contributed by atoms with E-state index in [9.17, 15) is 13.5 Å². The van der Waals surface area contributed by atoms with Crippen molar-refractivity contribution >= 4 is 15.8 Å². The number of morpholine rings is 1. The zero-order valence-corrected chi connectivity index (χ0v) is 24.7. The molecule has 0 amide bonds. The summed E-state index contributed by atoms with van der Waals surface area (Å²) in [6, 6.07) is 7.44. The van der Waals surface area contributed by atoms with Gasteiger partial charge in [-0.1, -0.05) is 17.3 Å². The highest BCUT2D eigenvalue weighted by molar-refractivity contribution is 7.88. The molecule has 1 aliphatic rings. The number of ether oxygens (including phenoxy) is 2. The van der Waals surface area contributed by atoms with E-state index in [4.69, 9.17) is 24.0 Å². The molecule has 1 aliphatic heterocycles. The number of benzene rings is 1. The molecule has 2 N–H and O–H groups in total. The van der Waals surface area contributed by atoms with Crippen molar-refractivity contribution in [3.8, 4) is 28.4 Å². The summed E-state index contributed by atoms with van der Waals surface area (Å²) < 4.78 is 42.5. The Kier molecular flexibility index (Phi) is 9.41. The van der Waals surface area contributed by atoms with Crippen LogP contribution < -0.4 is 15.0 Å². The second-order valence-corrected chi connectivity index (χ2v) is 12.2. The summed E-state index contributed by atoms with van der Waals surface area (Å²) in [5.41, 5.74) is 3.85. The molecule has 0 aliphatic carbocycles. The lowest BCUT2D eigenvalue weighted by Crippen LogP contribution is -2.48. The van der Waals surface area contributed by atoms with Gasteiger partial charge in [-0.2, -0.15) is 0 Å². The van der Waals surface area contributed by atoms with Crippen LogP contribution in [0.3, 0.4) is 0 Å². The standard InChI is InChI=1S/C27H38N6O6S/c1-17-25(24-18(2)31-39-19(24)3)29-26(20-8-7-9-22(12-20)38-16-21(34)13-28-4)30-27(17)33-10-11-37-23(15-33)14-32(5)40(6,35)36/h7-9,12,21,23,28,34H,10-11,13-16H2,1-6H3. The van der Waals surface area contributed by atoms with Crippen molar-refractivity contribution in [2.24, 2.45) is 0 Å². The van der Waals surface area contributed by atoms with Gasteiger partial charge >= 0.3 is 0 Å². The fourth-order valence-corrected chi connectivity index (χ4v) is 5.10. The lowest BCUT2D eigenvalue weighted by atomic mass is 10.0. The number of nitrogens with one attached hydrogen (secondary N) is 1. The molecule has 1 saturated heterocycles. The Morgan fingerprint density at radius 3 is 2.73 bits per heavy atom. The highest BCUT2D eigenvalue weighted by atomic mass is 32.2. The van der Waals surface area contributed by atoms with Crippen LogP contribution in [0.15, 0.2) is 28.8 Å². The second-order valence-electron chi connectivity index (χ2n) is 10.1. The van der Waals surface area contributed by atoms with E-state index in [1.807, 2.05) is 45.0 Å². The van der Waals surface area contributed by atoms with E-state index in [2.05, 4.69) is 15.4 Å². The van der Waals surface area contributed by atoms with Crippen molar-refractivity contribution in [1.82, 2.24) is 24.7 Å². The van der Waals surface area contributed by atoms with E-state index < -0.39 is 16.1 Å². The Balaban J connectivity index is 1.73. The van der Waals surface area contributed by atoms with Gasteiger partial charge in [0.1, 0.15) is 30.0 Å². The molecular formula is C27H38N6O6S. The Hall–Kier alpha value is -3.10. The molecule has 0 bridgehead atoms. The SMILES string of the molecule is CNCC(O)COc1cccc(-c2nc(-c3c(C)noc3C)c(C)c(N3CCOC(CN(C)S(C)(=O)=O)C3)n2)c1. The monoisotopic (exact) mass is 574 g/mol. The predicted molar refractivity (Wildman–Crippen MR) is 152 cm³/mol. The highest BCUT2D eigenvalue weighted by Gasteiger charge is 2.29. The van der Waals surface area contributed by atoms with Crippen molar-refractivity contribution in [3.05, 3.63) is 41.3 Å². The largest absolute Gasteiger partial charge is 0.491 e. The van der Waals surface area contributed by atoms with Gasteiger partial charge in [0.05, 0.1) is 35.9 Å². The minimum Gasteiger partial charge on any atom is -0.491 e. The highest BCUT2D eigenvalue weighted by Crippen LogP contribution is 2.35. The van der Waals surface area contributed by atoms with Crippen LogP contribution in [0.4, 0.5) is 5.82 Å². The average Bonchev–Trinajstić information content (AvgIpc) is 3.25. The Labute approximate surface area is 235 Å². The molecule has 218 valence electrons. The quantitative estimate of drug-likeness (QED) is 0.346. The first-order valence-electron chi connectivity index (χ1n) is 13.1. The van der Waals surface area contributed by atoms with Crippen molar-refractivity contribution in [1.29, 1.82) is 0 Å². The van der Waals surface area contributed by atoms with E-state index in [1.165, 1.54) is 10.6 Å². The zero-order valence-electron chi connectivity index (χ0n) is 23.8. The predicted octanol–water partition coefficient (Wildman–Crippen LogP) is 1.78. The van der Waals surface area contributed by atoms with Gasteiger partial charge in [-0.25, -0.2) is 22.7 Å². The molecule has 1 fully saturated rings. The van der Waals surface area contributed by atoms with Gasteiger partial charge in [-0.15, -0.1) is 0 Å². The Morgan fingerprint density at radius 2 is 2.05 bits per heavy atom. The van der Waals surface area contributed by atoms with E-state index in [0.29, 0.717) is 49.3 Å². The van der Waals surface area contributed by atoms with Crippen LogP contribution >= 0.6 is 0 Å². The fraction of sp³-hybridized carbons (Fsp3) is 0.519. The van der Waals surface area contributed by atoms with Crippen molar-refractivity contribution in [3.63, 3.8) is 0 Å². The number of sulfonamides is 1. The van der Waals surface area contributed by atoms with Gasteiger partial charge < -0.3 is 29.3 Å². The molecule has 13 heteroatoms. The van der Waals surface area contributed by atoms with E-state index >= 15 is 0 Å². The lowest BCUT2D eigenvalue weighted by Gasteiger charge is -2.36. The summed E-state index contributed by atoms with van der Waals surface area (Å²) in [4.78, 5) is 12.1. The van der Waals surface area contributed by atoms with Crippen LogP contribution in [-0.2, 0) is 14.8 Å². The third kappa shape index (κ3) is 6.96. The first-order chi connectivity index (χ1) is 19.0. The molecule has 2 atom stereocenters. The molecule has 2 aromatic heterocycles. The number of rotatable bonds is 11. The molecule has 0 saturated carbocycles. The summed E-state index contributed by atoms with van der Waals surface area (Å²) in [5.74, 6) is 2.47. The number of anilines is 1. The first kappa shape index (κ1) is 29.9. The van der Waals surface area contributed by atoms with Crippen LogP contribution in [0.5, 0.6) is 5.75 Å². The summed E-state index contributed by atoms with van der Waals surface area (Å²) in [7, 11) is -0.0172. The first-order valence-corrected chi connectivity index (χ1v) is 15.0. The summed E-state index contributed by atoms with van der Waals surface area (Å²) in [6.07, 6.45) is 0.219. The summed E-state index contributed by atoms with van der Waals surface area (Å²) in [5, 5.41) is 17.1. The summed E-state index contributed by atoms with van der Waals surface area (Å²) in [6.45, 7) is 7.99. The maximum atomic E-state index is 12.0. The minimum atomic E-state index is -3.34. The molecule has 40 heavy (non-hydrogen) atoms. The van der Waals surface area contributed by atoms with Crippen molar-refractivity contribution in [2.75, 3.05) is 64.6 Å². The molecule has 0 spiro atoms. The van der Waals surface area contributed by atoms with Crippen LogP contribution in [0, 0.1) is 20.8 Å². The number of hydrogen-bond acceptors (Lipinski definition) is 11. The van der Waals surface area contributed by atoms with Crippen LogP contribution in [0.25, 0.3) is 22.6 Å². The van der Waals surface area contributed by atoms with Gasteiger partial charge in [0.15, 0.2) is 5.82 Å². The number of hydrogen-bond donors (Lipinski definition) is 2. The third-order valence-electron chi connectivity index (χ3n) is 6.83. The number of aliphatic hydroxyl groups is 1. The van der Waals surface area contributed by atoms with Gasteiger partial charge in [0.25, 0.3) is 0 Å². The number of nitrogens with zero attached hydrogens (tertiary/aromatic N) is 5. The maximum Gasteiger partial charge on any atom is 0.211 e. The molecular weight excluding hydrogens is 536 g/mol. The molecule has 4 rings (SSSR count). The Morgan fingerprint density at radius 1 is 1.27 bits per heavy atom. The average molecular weight is 575 g/mol. The summed E-state index contributed by atoms with van der Waals surface area (Å²) >= 11 is 0. The van der Waals surface area contributed by atoms with E-state index in [0.717, 1.165) is 28.2 Å². The van der Waals surface area contributed by atoms with Crippen molar-refractivity contribution in [2.45, 2.75) is 33.0 Å². The molecule has 1 aromatic carbocycles. The van der Waals surface area contributed by atoms with Gasteiger partial charge in [-0.3, -0.25) is 0 Å². The number of aryl methyl sites for hydroxylation is 2. The minimum absolute atomic E-state index is 0.145. The number of aromatic nitrogens is 3. The lowest BCUT2D eigenvalue weighted by molar-refractivity contribution is 0.0316. The van der Waals surface area contributed by atoms with Gasteiger partial charge in [0.2, 0.25) is 10.0 Å². The maximum absolute atomic E-state index is 12.0. The van der Waals surface area contributed by atoms with Crippen LogP contribution in [-0.4, -0.2) is 105 Å². The second kappa shape index (κ2) is 12.6. The van der Waals surface area contributed by atoms with Gasteiger partial charge in [0, 0.05) is 44.4 Å². The van der Waals surface area contributed by atoms with E-state index in [-0.39, 0.29) is 19.3 Å². The van der Waals surface area contributed by atoms with Crippen molar-refractivity contribution < 1.29 is 27.5 Å². The third-order valence-corrected chi connectivity index (χ3v) is 8.11. The Bertz CT molecular complexity index is 1410. The smallest absolute Gasteiger partial charge is 0.211 e. The topological polar surface area (TPSA) is 143 Å².